The van der Waals surface area contributed by atoms with Gasteiger partial charge in [-0.2, -0.15) is 0 Å². The van der Waals surface area contributed by atoms with Crippen molar-refractivity contribution in [3.05, 3.63) is 35.4 Å². The molecule has 0 aliphatic heterocycles. The molecule has 0 bridgehead atoms. The normalized spacial score (nSPS) is 23.2. The van der Waals surface area contributed by atoms with Crippen LogP contribution in [0.4, 0.5) is 8.78 Å². The van der Waals surface area contributed by atoms with Crippen molar-refractivity contribution in [2.45, 2.75) is 45.4 Å². The number of nitrogens with one attached hydrogen (secondary N) is 1. The van der Waals surface area contributed by atoms with Crippen LogP contribution in [0.5, 0.6) is 0 Å². The summed E-state index contributed by atoms with van der Waals surface area (Å²) >= 11 is 0. The highest BCUT2D eigenvalue weighted by atomic mass is 19.1. The lowest BCUT2D eigenvalue weighted by Crippen LogP contribution is -2.32. The monoisotopic (exact) mass is 281 g/mol. The van der Waals surface area contributed by atoms with Crippen molar-refractivity contribution in [3.63, 3.8) is 0 Å². The Morgan fingerprint density at radius 3 is 2.45 bits per heavy atom. The van der Waals surface area contributed by atoms with E-state index >= 15 is 0 Å². The first-order valence-corrected chi connectivity index (χ1v) is 7.74. The molecule has 0 amide bonds. The van der Waals surface area contributed by atoms with Crippen LogP contribution in [0, 0.1) is 23.5 Å². The van der Waals surface area contributed by atoms with Gasteiger partial charge in [0.25, 0.3) is 0 Å². The number of benzene rings is 1. The summed E-state index contributed by atoms with van der Waals surface area (Å²) in [6, 6.07) is 4.21. The van der Waals surface area contributed by atoms with Gasteiger partial charge in [-0.3, -0.25) is 0 Å². The first-order chi connectivity index (χ1) is 9.59. The van der Waals surface area contributed by atoms with Gasteiger partial charge in [0, 0.05) is 5.56 Å². The van der Waals surface area contributed by atoms with E-state index in [0.717, 1.165) is 32.4 Å². The molecule has 1 fully saturated rings. The Hall–Kier alpha value is -0.960. The molecule has 1 aliphatic carbocycles. The second-order valence-electron chi connectivity index (χ2n) is 6.34. The lowest BCUT2D eigenvalue weighted by molar-refractivity contribution is 0.281. The summed E-state index contributed by atoms with van der Waals surface area (Å²) in [6.45, 7) is 6.16. The Kier molecular flexibility index (Phi) is 5.53. The molecule has 0 heterocycles. The van der Waals surface area contributed by atoms with Gasteiger partial charge in [0.2, 0.25) is 0 Å². The molecule has 2 rings (SSSR count). The van der Waals surface area contributed by atoms with E-state index in [1.807, 2.05) is 0 Å². The molecule has 1 aromatic rings. The standard InChI is InChI=1S/C17H25F2N/c1-12(2)10-20-11-13-6-3-4-7-14(13)17-15(18)8-5-9-16(17)19/h5,8-9,12-14,20H,3-4,6-7,10-11H2,1-2H3. The molecule has 1 N–H and O–H groups in total. The van der Waals surface area contributed by atoms with Crippen LogP contribution >= 0.6 is 0 Å². The van der Waals surface area contributed by atoms with E-state index in [1.54, 1.807) is 0 Å². The molecule has 1 nitrogen and oxygen atoms in total. The molecule has 1 aliphatic rings. The fraction of sp³-hybridized carbons (Fsp3) is 0.647. The van der Waals surface area contributed by atoms with Gasteiger partial charge in [0.05, 0.1) is 0 Å². The minimum atomic E-state index is -0.384. The SMILES string of the molecule is CC(C)CNCC1CCCCC1c1c(F)cccc1F. The summed E-state index contributed by atoms with van der Waals surface area (Å²) < 4.78 is 28.0. The lowest BCUT2D eigenvalue weighted by atomic mass is 9.75. The van der Waals surface area contributed by atoms with Crippen molar-refractivity contribution in [2.75, 3.05) is 13.1 Å². The fourth-order valence-corrected chi connectivity index (χ4v) is 3.25. The molecule has 3 heteroatoms. The topological polar surface area (TPSA) is 12.0 Å². The maximum atomic E-state index is 14.0. The maximum Gasteiger partial charge on any atom is 0.129 e. The molecule has 0 aromatic heterocycles. The summed E-state index contributed by atoms with van der Waals surface area (Å²) in [5, 5.41) is 3.45. The van der Waals surface area contributed by atoms with E-state index < -0.39 is 0 Å². The average molecular weight is 281 g/mol. The molecule has 1 saturated carbocycles. The minimum Gasteiger partial charge on any atom is -0.316 e. The van der Waals surface area contributed by atoms with Crippen LogP contribution in [0.15, 0.2) is 18.2 Å². The molecule has 2 unspecified atom stereocenters. The van der Waals surface area contributed by atoms with Crippen LogP contribution in [0.2, 0.25) is 0 Å². The van der Waals surface area contributed by atoms with Crippen molar-refractivity contribution in [1.29, 1.82) is 0 Å². The summed E-state index contributed by atoms with van der Waals surface area (Å²) in [6.07, 6.45) is 4.19. The van der Waals surface area contributed by atoms with E-state index in [0.29, 0.717) is 17.4 Å². The van der Waals surface area contributed by atoms with Crippen LogP contribution < -0.4 is 5.32 Å². The van der Waals surface area contributed by atoms with E-state index in [2.05, 4.69) is 19.2 Å². The van der Waals surface area contributed by atoms with Gasteiger partial charge in [-0.05, 0) is 55.8 Å². The highest BCUT2D eigenvalue weighted by Gasteiger charge is 2.30. The third-order valence-corrected chi connectivity index (χ3v) is 4.24. The molecule has 0 radical (unpaired) electrons. The van der Waals surface area contributed by atoms with E-state index in [-0.39, 0.29) is 17.6 Å². The van der Waals surface area contributed by atoms with Crippen molar-refractivity contribution in [2.24, 2.45) is 11.8 Å². The third-order valence-electron chi connectivity index (χ3n) is 4.24. The van der Waals surface area contributed by atoms with Crippen LogP contribution in [-0.4, -0.2) is 13.1 Å². The smallest absolute Gasteiger partial charge is 0.129 e. The molecular weight excluding hydrogens is 256 g/mol. The zero-order chi connectivity index (χ0) is 14.5. The highest BCUT2D eigenvalue weighted by molar-refractivity contribution is 5.25. The Bertz CT molecular complexity index is 411. The van der Waals surface area contributed by atoms with E-state index in [4.69, 9.17) is 0 Å². The lowest BCUT2D eigenvalue weighted by Gasteiger charge is -2.32. The van der Waals surface area contributed by atoms with Gasteiger partial charge in [-0.1, -0.05) is 32.8 Å². The Balaban J connectivity index is 2.10. The number of hydrogen-bond donors (Lipinski definition) is 1. The second-order valence-corrected chi connectivity index (χ2v) is 6.34. The number of rotatable bonds is 5. The molecule has 20 heavy (non-hydrogen) atoms. The Labute approximate surface area is 120 Å². The van der Waals surface area contributed by atoms with Gasteiger partial charge in [-0.25, -0.2) is 8.78 Å². The molecule has 0 saturated heterocycles. The quantitative estimate of drug-likeness (QED) is 0.839. The van der Waals surface area contributed by atoms with Crippen LogP contribution in [0.25, 0.3) is 0 Å². The minimum absolute atomic E-state index is 0.0182. The van der Waals surface area contributed by atoms with Gasteiger partial charge in [-0.15, -0.1) is 0 Å². The van der Waals surface area contributed by atoms with Gasteiger partial charge < -0.3 is 5.32 Å². The zero-order valence-electron chi connectivity index (χ0n) is 12.5. The first kappa shape index (κ1) is 15.4. The Morgan fingerprint density at radius 1 is 1.15 bits per heavy atom. The molecule has 0 spiro atoms. The highest BCUT2D eigenvalue weighted by Crippen LogP contribution is 2.39. The Morgan fingerprint density at radius 2 is 1.80 bits per heavy atom. The van der Waals surface area contributed by atoms with Crippen molar-refractivity contribution >= 4 is 0 Å². The van der Waals surface area contributed by atoms with Crippen LogP contribution in [-0.2, 0) is 0 Å². The van der Waals surface area contributed by atoms with Crippen molar-refractivity contribution < 1.29 is 8.78 Å². The summed E-state index contributed by atoms with van der Waals surface area (Å²) in [5.41, 5.74) is 0.309. The van der Waals surface area contributed by atoms with Gasteiger partial charge >= 0.3 is 0 Å². The van der Waals surface area contributed by atoms with Crippen molar-refractivity contribution in [3.8, 4) is 0 Å². The molecular formula is C17H25F2N. The second kappa shape index (κ2) is 7.16. The molecule has 1 aromatic carbocycles. The fourth-order valence-electron chi connectivity index (χ4n) is 3.25. The largest absolute Gasteiger partial charge is 0.316 e. The van der Waals surface area contributed by atoms with Crippen LogP contribution in [0.3, 0.4) is 0 Å². The number of halogens is 2. The predicted molar refractivity (Wildman–Crippen MR) is 78.8 cm³/mol. The van der Waals surface area contributed by atoms with Gasteiger partial charge in [0.1, 0.15) is 11.6 Å². The zero-order valence-corrected chi connectivity index (χ0v) is 12.5. The third kappa shape index (κ3) is 3.78. The molecule has 2 atom stereocenters. The van der Waals surface area contributed by atoms with Crippen LogP contribution in [0.1, 0.15) is 51.0 Å². The number of hydrogen-bond acceptors (Lipinski definition) is 1. The summed E-state index contributed by atoms with van der Waals surface area (Å²) in [7, 11) is 0. The van der Waals surface area contributed by atoms with Gasteiger partial charge in [0.15, 0.2) is 0 Å². The average Bonchev–Trinajstić information content (AvgIpc) is 2.40. The molecule has 112 valence electrons. The predicted octanol–water partition coefficient (Wildman–Crippen LogP) is 4.48. The summed E-state index contributed by atoms with van der Waals surface area (Å²) in [4.78, 5) is 0. The van der Waals surface area contributed by atoms with E-state index in [9.17, 15) is 8.78 Å². The van der Waals surface area contributed by atoms with E-state index in [1.165, 1.54) is 24.6 Å². The maximum absolute atomic E-state index is 14.0. The first-order valence-electron chi connectivity index (χ1n) is 7.74. The van der Waals surface area contributed by atoms with Crippen molar-refractivity contribution in [1.82, 2.24) is 5.32 Å². The summed E-state index contributed by atoms with van der Waals surface area (Å²) in [5.74, 6) is 0.192.